The van der Waals surface area contributed by atoms with Crippen LogP contribution in [0.2, 0.25) is 0 Å². The van der Waals surface area contributed by atoms with Gasteiger partial charge in [-0.25, -0.2) is 0 Å². The molecule has 2 nitrogen and oxygen atoms in total. The lowest BCUT2D eigenvalue weighted by molar-refractivity contribution is 0.134. The van der Waals surface area contributed by atoms with Crippen molar-refractivity contribution >= 4 is 0 Å². The first-order valence-electron chi connectivity index (χ1n) is 6.57. The number of hydrogen-bond donors (Lipinski definition) is 0. The van der Waals surface area contributed by atoms with Gasteiger partial charge in [0.1, 0.15) is 0 Å². The number of nitriles is 2. The van der Waals surface area contributed by atoms with Crippen molar-refractivity contribution in [1.29, 1.82) is 10.5 Å². The van der Waals surface area contributed by atoms with E-state index in [2.05, 4.69) is 24.3 Å². The lowest BCUT2D eigenvalue weighted by Gasteiger charge is -2.46. The molecule has 2 fully saturated rings. The van der Waals surface area contributed by atoms with Gasteiger partial charge in [-0.05, 0) is 42.9 Å². The smallest absolute Gasteiger partial charge is 0.0964 e. The van der Waals surface area contributed by atoms with Gasteiger partial charge < -0.3 is 0 Å². The SMILES string of the molecule is N#CC1=C(C#N)[C@@H]2C=C[C@H]1[C@H]1[C@@H]3CC[C@@H](C3)[C@H]12. The molecule has 0 aliphatic heterocycles. The normalized spacial score (nSPS) is 49.1. The second-order valence-electron chi connectivity index (χ2n) is 5.98. The van der Waals surface area contributed by atoms with E-state index < -0.39 is 0 Å². The Morgan fingerprint density at radius 2 is 1.35 bits per heavy atom. The zero-order valence-electron chi connectivity index (χ0n) is 9.63. The Hall–Kier alpha value is -1.54. The van der Waals surface area contributed by atoms with Crippen molar-refractivity contribution in [2.75, 3.05) is 0 Å². The molecule has 0 amide bonds. The van der Waals surface area contributed by atoms with Gasteiger partial charge in [-0.1, -0.05) is 12.2 Å². The van der Waals surface area contributed by atoms with Gasteiger partial charge in [-0.2, -0.15) is 10.5 Å². The maximum Gasteiger partial charge on any atom is 0.0964 e. The summed E-state index contributed by atoms with van der Waals surface area (Å²) in [5, 5.41) is 18.6. The molecule has 0 aromatic rings. The monoisotopic (exact) mass is 222 g/mol. The van der Waals surface area contributed by atoms with Crippen LogP contribution >= 0.6 is 0 Å². The van der Waals surface area contributed by atoms with Gasteiger partial charge in [-0.3, -0.25) is 0 Å². The third-order valence-corrected chi connectivity index (χ3v) is 5.60. The molecule has 0 aromatic heterocycles. The van der Waals surface area contributed by atoms with Gasteiger partial charge in [0.25, 0.3) is 0 Å². The van der Waals surface area contributed by atoms with E-state index in [0.717, 1.165) is 23.0 Å². The Balaban J connectivity index is 1.89. The fourth-order valence-corrected chi connectivity index (χ4v) is 5.15. The Bertz CT molecular complexity index is 482. The highest BCUT2D eigenvalue weighted by molar-refractivity contribution is 5.50. The summed E-state index contributed by atoms with van der Waals surface area (Å²) in [5.74, 6) is 3.53. The molecule has 4 bridgehead atoms. The van der Waals surface area contributed by atoms with Crippen LogP contribution in [0.25, 0.3) is 0 Å². The van der Waals surface area contributed by atoms with Crippen LogP contribution in [-0.2, 0) is 0 Å². The first-order valence-corrected chi connectivity index (χ1v) is 6.57. The van der Waals surface area contributed by atoms with Gasteiger partial charge in [-0.15, -0.1) is 0 Å². The molecule has 6 atom stereocenters. The number of nitrogens with zero attached hydrogens (tertiary/aromatic N) is 2. The van der Waals surface area contributed by atoms with Crippen molar-refractivity contribution in [3.63, 3.8) is 0 Å². The van der Waals surface area contributed by atoms with E-state index in [1.165, 1.54) is 19.3 Å². The van der Waals surface area contributed by atoms with Crippen LogP contribution in [0, 0.1) is 58.2 Å². The highest BCUT2D eigenvalue weighted by atomic mass is 14.6. The summed E-state index contributed by atoms with van der Waals surface area (Å²) >= 11 is 0. The topological polar surface area (TPSA) is 47.6 Å². The van der Waals surface area contributed by atoms with Crippen molar-refractivity contribution in [3.8, 4) is 12.1 Å². The van der Waals surface area contributed by atoms with Crippen molar-refractivity contribution < 1.29 is 0 Å². The molecule has 5 aliphatic carbocycles. The maximum atomic E-state index is 9.31. The third kappa shape index (κ3) is 0.956. The quantitative estimate of drug-likeness (QED) is 0.592. The summed E-state index contributed by atoms with van der Waals surface area (Å²) in [7, 11) is 0. The molecular weight excluding hydrogens is 208 g/mol. The van der Waals surface area contributed by atoms with Crippen LogP contribution in [0.15, 0.2) is 23.3 Å². The summed E-state index contributed by atoms with van der Waals surface area (Å²) in [6.07, 6.45) is 8.48. The second kappa shape index (κ2) is 3.02. The fourth-order valence-electron chi connectivity index (χ4n) is 5.15. The van der Waals surface area contributed by atoms with Crippen molar-refractivity contribution in [3.05, 3.63) is 23.3 Å². The zero-order chi connectivity index (χ0) is 11.6. The first-order chi connectivity index (χ1) is 8.35. The van der Waals surface area contributed by atoms with Gasteiger partial charge in [0, 0.05) is 11.8 Å². The van der Waals surface area contributed by atoms with Crippen molar-refractivity contribution in [1.82, 2.24) is 0 Å². The molecule has 0 saturated heterocycles. The molecule has 0 radical (unpaired) electrons. The average Bonchev–Trinajstić information content (AvgIpc) is 3.00. The summed E-state index contributed by atoms with van der Waals surface area (Å²) in [6, 6.07) is 4.63. The van der Waals surface area contributed by atoms with Crippen LogP contribution in [0.4, 0.5) is 0 Å². The Labute approximate surface area is 101 Å². The Morgan fingerprint density at radius 1 is 0.882 bits per heavy atom. The second-order valence-corrected chi connectivity index (χ2v) is 5.98. The molecule has 2 heteroatoms. The van der Waals surface area contributed by atoms with Gasteiger partial charge >= 0.3 is 0 Å². The first kappa shape index (κ1) is 9.49. The minimum Gasteiger partial charge on any atom is -0.193 e. The van der Waals surface area contributed by atoms with E-state index in [1.54, 1.807) is 0 Å². The molecule has 0 unspecified atom stereocenters. The minimum absolute atomic E-state index is 0.264. The molecular formula is C15H14N2. The summed E-state index contributed by atoms with van der Waals surface area (Å²) in [5.41, 5.74) is 1.57. The highest BCUT2D eigenvalue weighted by Crippen LogP contribution is 2.64. The average molecular weight is 222 g/mol. The molecule has 84 valence electrons. The predicted octanol–water partition coefficient (Wildman–Crippen LogP) is 2.81. The van der Waals surface area contributed by atoms with Gasteiger partial charge in [0.2, 0.25) is 0 Å². The van der Waals surface area contributed by atoms with E-state index >= 15 is 0 Å². The van der Waals surface area contributed by atoms with E-state index in [4.69, 9.17) is 0 Å². The zero-order valence-corrected chi connectivity index (χ0v) is 9.63. The molecule has 0 heterocycles. The van der Waals surface area contributed by atoms with E-state index in [-0.39, 0.29) is 11.8 Å². The van der Waals surface area contributed by atoms with Crippen LogP contribution in [-0.4, -0.2) is 0 Å². The van der Waals surface area contributed by atoms with Crippen molar-refractivity contribution in [2.24, 2.45) is 35.5 Å². The molecule has 17 heavy (non-hydrogen) atoms. The molecule has 0 spiro atoms. The molecule has 5 rings (SSSR count). The third-order valence-electron chi connectivity index (χ3n) is 5.60. The van der Waals surface area contributed by atoms with Crippen LogP contribution in [0.1, 0.15) is 19.3 Å². The minimum atomic E-state index is 0.264. The Kier molecular flexibility index (Phi) is 1.68. The molecule has 2 saturated carbocycles. The Morgan fingerprint density at radius 3 is 1.76 bits per heavy atom. The lowest BCUT2D eigenvalue weighted by Crippen LogP contribution is -2.41. The van der Waals surface area contributed by atoms with Crippen molar-refractivity contribution in [2.45, 2.75) is 19.3 Å². The molecule has 5 aliphatic rings. The van der Waals surface area contributed by atoms with Gasteiger partial charge in [0.05, 0.1) is 23.3 Å². The molecule has 0 N–H and O–H groups in total. The number of rotatable bonds is 0. The summed E-state index contributed by atoms with van der Waals surface area (Å²) in [6.45, 7) is 0. The van der Waals surface area contributed by atoms with E-state index in [9.17, 15) is 10.5 Å². The highest BCUT2D eigenvalue weighted by Gasteiger charge is 2.57. The predicted molar refractivity (Wildman–Crippen MR) is 62.2 cm³/mol. The van der Waals surface area contributed by atoms with E-state index in [0.29, 0.717) is 11.8 Å². The van der Waals surface area contributed by atoms with E-state index in [1.807, 2.05) is 0 Å². The molecule has 0 aromatic carbocycles. The lowest BCUT2D eigenvalue weighted by atomic mass is 9.56. The standard InChI is InChI=1S/C15H14N2/c16-6-12-10-3-4-11(13(12)7-17)15-9-2-1-8(5-9)14(10)15/h3-4,8-11,14-15H,1-2,5H2/t8-,9+,10-,11+,14-,15+. The maximum absolute atomic E-state index is 9.31. The number of hydrogen-bond acceptors (Lipinski definition) is 2. The summed E-state index contributed by atoms with van der Waals surface area (Å²) < 4.78 is 0. The number of fused-ring (bicyclic) bond motifs is 2. The van der Waals surface area contributed by atoms with Crippen LogP contribution in [0.3, 0.4) is 0 Å². The summed E-state index contributed by atoms with van der Waals surface area (Å²) in [4.78, 5) is 0. The largest absolute Gasteiger partial charge is 0.193 e. The van der Waals surface area contributed by atoms with Gasteiger partial charge in [0.15, 0.2) is 0 Å². The number of allylic oxidation sites excluding steroid dienone is 4. The fraction of sp³-hybridized carbons (Fsp3) is 0.600. The van der Waals surface area contributed by atoms with Crippen LogP contribution in [0.5, 0.6) is 0 Å². The van der Waals surface area contributed by atoms with Crippen LogP contribution < -0.4 is 0 Å².